The third kappa shape index (κ3) is 4.45. The van der Waals surface area contributed by atoms with Crippen LogP contribution in [0.5, 0.6) is 0 Å². The number of methoxy groups -OCH3 is 2. The zero-order chi connectivity index (χ0) is 26.3. The number of carbonyl (C=O) groups excluding carboxylic acids is 4. The van der Waals surface area contributed by atoms with Crippen LogP contribution < -0.4 is 5.32 Å². The van der Waals surface area contributed by atoms with Gasteiger partial charge in [-0.1, -0.05) is 13.0 Å². The second-order valence-corrected chi connectivity index (χ2v) is 10.7. The van der Waals surface area contributed by atoms with Gasteiger partial charge in [0.25, 0.3) is 0 Å². The van der Waals surface area contributed by atoms with Gasteiger partial charge in [0.05, 0.1) is 37.8 Å². The van der Waals surface area contributed by atoms with E-state index in [1.807, 2.05) is 13.8 Å². The molecule has 1 aromatic rings. The van der Waals surface area contributed by atoms with Crippen LogP contribution in [-0.2, 0) is 19.1 Å². The number of thioether (sulfide) groups is 1. The van der Waals surface area contributed by atoms with Crippen LogP contribution in [0.25, 0.3) is 0 Å². The molecular weight excluding hydrogens is 486 g/mol. The van der Waals surface area contributed by atoms with Gasteiger partial charge in [0, 0.05) is 34.0 Å². The Kier molecular flexibility index (Phi) is 7.33. The van der Waals surface area contributed by atoms with E-state index in [1.165, 1.54) is 25.2 Å². The van der Waals surface area contributed by atoms with Gasteiger partial charge < -0.3 is 24.8 Å². The monoisotopic (exact) mass is 517 g/mol. The van der Waals surface area contributed by atoms with Crippen LogP contribution in [0.1, 0.15) is 37.6 Å². The molecule has 194 valence electrons. The van der Waals surface area contributed by atoms with Crippen molar-refractivity contribution < 1.29 is 33.8 Å². The Labute approximate surface area is 214 Å². The molecule has 3 heterocycles. The maximum absolute atomic E-state index is 13.2. The summed E-state index contributed by atoms with van der Waals surface area (Å²) in [6, 6.07) is 5.55. The van der Waals surface area contributed by atoms with Crippen LogP contribution in [0.15, 0.2) is 34.9 Å². The molecule has 0 aliphatic carbocycles. The van der Waals surface area contributed by atoms with Gasteiger partial charge in [-0.3, -0.25) is 14.5 Å². The molecule has 0 spiro atoms. The minimum Gasteiger partial charge on any atom is -0.465 e. The van der Waals surface area contributed by atoms with Gasteiger partial charge >= 0.3 is 12.1 Å². The van der Waals surface area contributed by atoms with Crippen molar-refractivity contribution in [3.05, 3.63) is 40.4 Å². The summed E-state index contributed by atoms with van der Waals surface area (Å²) in [5.41, 5.74) is 1.59. The number of carbonyl (C=O) groups is 4. The summed E-state index contributed by atoms with van der Waals surface area (Å²) in [7, 11) is 2.56. The summed E-state index contributed by atoms with van der Waals surface area (Å²) in [5, 5.41) is 12.8. The number of allylic oxidation sites excluding steroid dienone is 1. The fourth-order valence-electron chi connectivity index (χ4n) is 5.44. The second-order valence-electron chi connectivity index (χ2n) is 9.38. The molecule has 10 nitrogen and oxygen atoms in total. The Morgan fingerprint density at radius 2 is 1.94 bits per heavy atom. The molecular formula is C25H31N3O7S. The SMILES string of the molecule is COC(=O)c1cccc(NC(=O)[C@@H]2C[C@H](SC3=C(C)N4C(=O)[C@H]([C@@H](C)O)[C@H]4[C@H]3C)CN2C(=O)OC)c1. The van der Waals surface area contributed by atoms with Crippen molar-refractivity contribution in [3.63, 3.8) is 0 Å². The van der Waals surface area contributed by atoms with Gasteiger partial charge in [-0.2, -0.15) is 0 Å². The highest BCUT2D eigenvalue weighted by Gasteiger charge is 2.58. The summed E-state index contributed by atoms with van der Waals surface area (Å²) in [5.74, 6) is -1.34. The molecule has 2 saturated heterocycles. The molecule has 3 aliphatic rings. The molecule has 0 saturated carbocycles. The number of aliphatic hydroxyl groups is 1. The minimum atomic E-state index is -0.766. The fraction of sp³-hybridized carbons (Fsp3) is 0.520. The van der Waals surface area contributed by atoms with Gasteiger partial charge in [0.2, 0.25) is 11.8 Å². The van der Waals surface area contributed by atoms with Crippen LogP contribution in [0.2, 0.25) is 0 Å². The summed E-state index contributed by atoms with van der Waals surface area (Å²) >= 11 is 1.58. The standard InChI is InChI=1S/C25H31N3O7S/c1-12-20-19(14(3)29)23(31)28(20)13(2)21(12)36-17-10-18(27(11-17)25(33)35-5)22(30)26-16-8-6-7-15(9-16)24(32)34-4/h6-9,12,14,17-20,29H,10-11H2,1-5H3,(H,26,30)/t12-,14-,17+,18+,19-,20-/m1/s1. The van der Waals surface area contributed by atoms with Crippen LogP contribution in [0, 0.1) is 11.8 Å². The zero-order valence-corrected chi connectivity index (χ0v) is 21.7. The van der Waals surface area contributed by atoms with Crippen LogP contribution >= 0.6 is 11.8 Å². The first kappa shape index (κ1) is 26.0. The van der Waals surface area contributed by atoms with Gasteiger partial charge in [0.1, 0.15) is 6.04 Å². The predicted octanol–water partition coefficient (Wildman–Crippen LogP) is 2.44. The zero-order valence-electron chi connectivity index (χ0n) is 20.9. The van der Waals surface area contributed by atoms with Crippen molar-refractivity contribution in [2.75, 3.05) is 26.1 Å². The number of hydrogen-bond donors (Lipinski definition) is 2. The number of amides is 3. The lowest BCUT2D eigenvalue weighted by Crippen LogP contribution is -2.62. The largest absolute Gasteiger partial charge is 0.465 e. The molecule has 2 fully saturated rings. The predicted molar refractivity (Wildman–Crippen MR) is 133 cm³/mol. The van der Waals surface area contributed by atoms with Crippen molar-refractivity contribution in [1.29, 1.82) is 0 Å². The lowest BCUT2D eigenvalue weighted by Gasteiger charge is -2.46. The van der Waals surface area contributed by atoms with Crippen LogP contribution in [0.4, 0.5) is 10.5 Å². The number of anilines is 1. The fourth-order valence-corrected chi connectivity index (χ4v) is 6.94. The maximum Gasteiger partial charge on any atom is 0.410 e. The van der Waals surface area contributed by atoms with Crippen molar-refractivity contribution >= 4 is 41.3 Å². The quantitative estimate of drug-likeness (QED) is 0.435. The number of fused-ring (bicyclic) bond motifs is 1. The number of esters is 1. The smallest absolute Gasteiger partial charge is 0.410 e. The van der Waals surface area contributed by atoms with Crippen LogP contribution in [0.3, 0.4) is 0 Å². The Balaban J connectivity index is 1.49. The van der Waals surface area contributed by atoms with E-state index in [0.29, 0.717) is 24.2 Å². The number of nitrogens with one attached hydrogen (secondary N) is 1. The van der Waals surface area contributed by atoms with Crippen molar-refractivity contribution in [1.82, 2.24) is 9.80 Å². The highest BCUT2D eigenvalue weighted by atomic mass is 32.2. The third-order valence-electron chi connectivity index (χ3n) is 7.17. The van der Waals surface area contributed by atoms with Gasteiger partial charge in [0.15, 0.2) is 0 Å². The van der Waals surface area contributed by atoms with E-state index >= 15 is 0 Å². The van der Waals surface area contributed by atoms with Gasteiger partial charge in [-0.25, -0.2) is 9.59 Å². The van der Waals surface area contributed by atoms with Gasteiger partial charge in [-0.05, 0) is 38.5 Å². The lowest BCUT2D eigenvalue weighted by atomic mass is 9.79. The summed E-state index contributed by atoms with van der Waals surface area (Å²) < 4.78 is 9.67. The average molecular weight is 518 g/mol. The van der Waals surface area contributed by atoms with Crippen molar-refractivity contribution in [3.8, 4) is 0 Å². The van der Waals surface area contributed by atoms with E-state index in [-0.39, 0.29) is 29.0 Å². The first-order valence-corrected chi connectivity index (χ1v) is 12.7. The number of ether oxygens (including phenoxy) is 2. The Morgan fingerprint density at radius 1 is 1.22 bits per heavy atom. The Hall–Kier alpha value is -3.05. The molecule has 0 unspecified atom stereocenters. The van der Waals surface area contributed by atoms with E-state index in [1.54, 1.807) is 41.8 Å². The van der Waals surface area contributed by atoms with E-state index in [9.17, 15) is 24.3 Å². The molecule has 1 aromatic carbocycles. The number of β-lactam (4-membered cyclic amide) rings is 1. The summed E-state index contributed by atoms with van der Waals surface area (Å²) in [6.45, 7) is 5.90. The van der Waals surface area contributed by atoms with Crippen molar-refractivity contribution in [2.24, 2.45) is 11.8 Å². The molecule has 0 radical (unpaired) electrons. The minimum absolute atomic E-state index is 0.0489. The molecule has 3 amide bonds. The first-order chi connectivity index (χ1) is 17.1. The number of nitrogens with zero attached hydrogens (tertiary/aromatic N) is 2. The Morgan fingerprint density at radius 3 is 2.58 bits per heavy atom. The van der Waals surface area contributed by atoms with Gasteiger partial charge in [-0.15, -0.1) is 11.8 Å². The van der Waals surface area contributed by atoms with E-state index < -0.39 is 30.1 Å². The first-order valence-electron chi connectivity index (χ1n) is 11.8. The Bertz CT molecular complexity index is 1120. The number of aliphatic hydroxyl groups excluding tert-OH is 1. The highest BCUT2D eigenvalue weighted by Crippen LogP contribution is 2.52. The van der Waals surface area contributed by atoms with E-state index in [0.717, 1.165) is 10.6 Å². The maximum atomic E-state index is 13.2. The summed E-state index contributed by atoms with van der Waals surface area (Å²) in [4.78, 5) is 54.3. The molecule has 6 atom stereocenters. The number of hydrogen-bond acceptors (Lipinski definition) is 8. The molecule has 11 heteroatoms. The number of rotatable bonds is 6. The highest BCUT2D eigenvalue weighted by molar-refractivity contribution is 8.03. The second kappa shape index (κ2) is 10.1. The molecule has 3 aliphatic heterocycles. The molecule has 0 bridgehead atoms. The normalized spacial score (nSPS) is 27.9. The number of likely N-dealkylation sites (tertiary alicyclic amines) is 1. The van der Waals surface area contributed by atoms with E-state index in [4.69, 9.17) is 9.47 Å². The number of benzene rings is 1. The van der Waals surface area contributed by atoms with Crippen molar-refractivity contribution in [2.45, 2.75) is 50.6 Å². The molecule has 2 N–H and O–H groups in total. The lowest BCUT2D eigenvalue weighted by molar-refractivity contribution is -0.159. The van der Waals surface area contributed by atoms with Crippen LogP contribution in [-0.4, -0.2) is 83.0 Å². The topological polar surface area (TPSA) is 125 Å². The average Bonchev–Trinajstić information content (AvgIpc) is 3.36. The third-order valence-corrected chi connectivity index (χ3v) is 8.77. The molecule has 0 aromatic heterocycles. The molecule has 36 heavy (non-hydrogen) atoms. The summed E-state index contributed by atoms with van der Waals surface area (Å²) in [6.07, 6.45) is -0.921. The van der Waals surface area contributed by atoms with E-state index in [2.05, 4.69) is 5.32 Å². The molecule has 4 rings (SSSR count).